The zero-order valence-corrected chi connectivity index (χ0v) is 10.5. The highest BCUT2D eigenvalue weighted by Crippen LogP contribution is 2.27. The molecule has 0 bridgehead atoms. The molecular formula is C11H20BrNO. The Balaban J connectivity index is 2.09. The highest BCUT2D eigenvalue weighted by Gasteiger charge is 2.18. The van der Waals surface area contributed by atoms with Crippen LogP contribution in [0.5, 0.6) is 0 Å². The first kappa shape index (κ1) is 12.0. The largest absolute Gasteiger partial charge is 0.355 e. The number of hydrogen-bond acceptors (Lipinski definition) is 1. The number of rotatable bonds is 5. The van der Waals surface area contributed by atoms with Gasteiger partial charge in [-0.1, -0.05) is 35.7 Å². The fourth-order valence-electron chi connectivity index (χ4n) is 1.92. The van der Waals surface area contributed by atoms with Crippen LogP contribution in [-0.4, -0.2) is 17.3 Å². The van der Waals surface area contributed by atoms with Gasteiger partial charge >= 0.3 is 0 Å². The van der Waals surface area contributed by atoms with Crippen LogP contribution in [-0.2, 0) is 4.79 Å². The minimum Gasteiger partial charge on any atom is -0.355 e. The molecule has 1 unspecified atom stereocenters. The predicted molar refractivity (Wildman–Crippen MR) is 62.6 cm³/mol. The lowest BCUT2D eigenvalue weighted by Gasteiger charge is -2.11. The van der Waals surface area contributed by atoms with Crippen molar-refractivity contribution in [1.29, 1.82) is 0 Å². The topological polar surface area (TPSA) is 29.1 Å². The molecule has 0 saturated heterocycles. The number of carbonyl (C=O) groups excluding carboxylic acids is 1. The Hall–Kier alpha value is -0.0500. The van der Waals surface area contributed by atoms with E-state index in [-0.39, 0.29) is 5.91 Å². The average Bonchev–Trinajstić information content (AvgIpc) is 2.66. The zero-order chi connectivity index (χ0) is 10.4. The normalized spacial score (nSPS) is 19.6. The average molecular weight is 262 g/mol. The van der Waals surface area contributed by atoms with Gasteiger partial charge in [-0.3, -0.25) is 4.79 Å². The molecule has 3 heteroatoms. The van der Waals surface area contributed by atoms with Gasteiger partial charge in [-0.15, -0.1) is 0 Å². The number of alkyl halides is 1. The Kier molecular flexibility index (Phi) is 5.53. The van der Waals surface area contributed by atoms with Crippen molar-refractivity contribution in [2.75, 3.05) is 6.54 Å². The summed E-state index contributed by atoms with van der Waals surface area (Å²) in [6, 6.07) is 0. The van der Waals surface area contributed by atoms with Crippen LogP contribution in [0.1, 0.15) is 45.4 Å². The van der Waals surface area contributed by atoms with Crippen molar-refractivity contribution in [1.82, 2.24) is 5.32 Å². The molecule has 0 aromatic rings. The summed E-state index contributed by atoms with van der Waals surface area (Å²) < 4.78 is 0. The molecule has 1 aliphatic carbocycles. The lowest BCUT2D eigenvalue weighted by molar-refractivity contribution is -0.121. The van der Waals surface area contributed by atoms with Gasteiger partial charge in [-0.25, -0.2) is 0 Å². The van der Waals surface area contributed by atoms with Crippen LogP contribution >= 0.6 is 15.9 Å². The van der Waals surface area contributed by atoms with Crippen LogP contribution in [0.4, 0.5) is 0 Å². The molecule has 0 radical (unpaired) electrons. The van der Waals surface area contributed by atoms with E-state index in [0.717, 1.165) is 19.4 Å². The fraction of sp³-hybridized carbons (Fsp3) is 0.909. The van der Waals surface area contributed by atoms with Gasteiger partial charge in [0.2, 0.25) is 5.91 Å². The molecule has 0 aromatic carbocycles. The van der Waals surface area contributed by atoms with Crippen molar-refractivity contribution < 1.29 is 4.79 Å². The van der Waals surface area contributed by atoms with Gasteiger partial charge in [0.15, 0.2) is 0 Å². The first-order valence-electron chi connectivity index (χ1n) is 5.63. The lowest BCUT2D eigenvalue weighted by atomic mass is 10.0. The monoisotopic (exact) mass is 261 g/mol. The summed E-state index contributed by atoms with van der Waals surface area (Å²) in [7, 11) is 0. The van der Waals surface area contributed by atoms with Crippen LogP contribution in [0, 0.1) is 5.92 Å². The molecule has 2 nitrogen and oxygen atoms in total. The summed E-state index contributed by atoms with van der Waals surface area (Å²) in [5, 5.41) is 2.97. The van der Waals surface area contributed by atoms with Gasteiger partial charge < -0.3 is 5.32 Å². The summed E-state index contributed by atoms with van der Waals surface area (Å²) in [6.07, 6.45) is 6.92. The molecule has 14 heavy (non-hydrogen) atoms. The molecule has 0 heterocycles. The third-order valence-corrected chi connectivity index (χ3v) is 3.88. The van der Waals surface area contributed by atoms with Crippen LogP contribution < -0.4 is 5.32 Å². The summed E-state index contributed by atoms with van der Waals surface area (Å²) in [5.41, 5.74) is 0. The highest BCUT2D eigenvalue weighted by atomic mass is 79.9. The van der Waals surface area contributed by atoms with E-state index < -0.39 is 0 Å². The van der Waals surface area contributed by atoms with Crippen molar-refractivity contribution in [2.24, 2.45) is 5.92 Å². The summed E-state index contributed by atoms with van der Waals surface area (Å²) in [4.78, 5) is 11.9. The quantitative estimate of drug-likeness (QED) is 0.758. The zero-order valence-electron chi connectivity index (χ0n) is 8.89. The summed E-state index contributed by atoms with van der Waals surface area (Å²) >= 11 is 3.50. The second-order valence-corrected chi connectivity index (χ2v) is 5.46. The number of halogens is 1. The van der Waals surface area contributed by atoms with E-state index in [1.807, 2.05) is 0 Å². The first-order valence-corrected chi connectivity index (χ1v) is 6.54. The van der Waals surface area contributed by atoms with Crippen LogP contribution in [0.3, 0.4) is 0 Å². The molecule has 0 aromatic heterocycles. The van der Waals surface area contributed by atoms with E-state index in [9.17, 15) is 4.79 Å². The van der Waals surface area contributed by atoms with Crippen molar-refractivity contribution >= 4 is 21.8 Å². The van der Waals surface area contributed by atoms with Crippen LogP contribution in [0.25, 0.3) is 0 Å². The van der Waals surface area contributed by atoms with E-state index in [1.54, 1.807) is 0 Å². The smallest absolute Gasteiger partial charge is 0.220 e. The minimum absolute atomic E-state index is 0.231. The second kappa shape index (κ2) is 6.44. The molecule has 82 valence electrons. The van der Waals surface area contributed by atoms with Gasteiger partial charge in [-0.2, -0.15) is 0 Å². The third-order valence-electron chi connectivity index (χ3n) is 2.91. The van der Waals surface area contributed by atoms with Crippen molar-refractivity contribution in [3.8, 4) is 0 Å². The van der Waals surface area contributed by atoms with Gasteiger partial charge in [0, 0.05) is 17.8 Å². The summed E-state index contributed by atoms with van der Waals surface area (Å²) in [6.45, 7) is 2.88. The van der Waals surface area contributed by atoms with Gasteiger partial charge in [0.05, 0.1) is 0 Å². The van der Waals surface area contributed by atoms with E-state index in [0.29, 0.717) is 10.7 Å². The van der Waals surface area contributed by atoms with Crippen LogP contribution in [0.15, 0.2) is 0 Å². The van der Waals surface area contributed by atoms with Crippen molar-refractivity contribution in [3.05, 3.63) is 0 Å². The molecule has 1 saturated carbocycles. The Morgan fingerprint density at radius 2 is 2.14 bits per heavy atom. The van der Waals surface area contributed by atoms with Gasteiger partial charge in [-0.05, 0) is 25.2 Å². The van der Waals surface area contributed by atoms with E-state index in [4.69, 9.17) is 0 Å². The molecule has 1 fully saturated rings. The SMILES string of the molecule is CCC(Br)CNC(=O)CC1CCCC1. The molecule has 1 amide bonds. The van der Waals surface area contributed by atoms with Crippen molar-refractivity contribution in [3.63, 3.8) is 0 Å². The van der Waals surface area contributed by atoms with E-state index >= 15 is 0 Å². The van der Waals surface area contributed by atoms with E-state index in [2.05, 4.69) is 28.2 Å². The molecule has 0 aliphatic heterocycles. The number of hydrogen-bond donors (Lipinski definition) is 1. The number of nitrogens with one attached hydrogen (secondary N) is 1. The Labute approximate surface area is 95.0 Å². The van der Waals surface area contributed by atoms with Crippen molar-refractivity contribution in [2.45, 2.75) is 50.3 Å². The molecule has 1 atom stereocenters. The Morgan fingerprint density at radius 3 is 2.71 bits per heavy atom. The molecule has 0 spiro atoms. The molecular weight excluding hydrogens is 242 g/mol. The third kappa shape index (κ3) is 4.45. The van der Waals surface area contributed by atoms with Gasteiger partial charge in [0.1, 0.15) is 0 Å². The van der Waals surface area contributed by atoms with Gasteiger partial charge in [0.25, 0.3) is 0 Å². The highest BCUT2D eigenvalue weighted by molar-refractivity contribution is 9.09. The maximum atomic E-state index is 11.5. The standard InChI is InChI=1S/C11H20BrNO/c1-2-10(12)8-13-11(14)7-9-5-3-4-6-9/h9-10H,2-8H2,1H3,(H,13,14). The minimum atomic E-state index is 0.231. The molecule has 1 aliphatic rings. The fourth-order valence-corrected chi connectivity index (χ4v) is 2.08. The Morgan fingerprint density at radius 1 is 1.50 bits per heavy atom. The second-order valence-electron chi connectivity index (χ2n) is 4.16. The number of amides is 1. The summed E-state index contributed by atoms with van der Waals surface area (Å²) in [5.74, 6) is 0.889. The maximum Gasteiger partial charge on any atom is 0.220 e. The number of carbonyl (C=O) groups is 1. The molecule has 1 rings (SSSR count). The molecule has 1 N–H and O–H groups in total. The maximum absolute atomic E-state index is 11.5. The lowest BCUT2D eigenvalue weighted by Crippen LogP contribution is -2.30. The van der Waals surface area contributed by atoms with Crippen LogP contribution in [0.2, 0.25) is 0 Å². The Bertz CT molecular complexity index is 178. The first-order chi connectivity index (χ1) is 6.72. The predicted octanol–water partition coefficient (Wildman–Crippen LogP) is 2.86. The van der Waals surface area contributed by atoms with E-state index in [1.165, 1.54) is 25.7 Å².